The third-order valence-electron chi connectivity index (χ3n) is 8.00. The highest BCUT2D eigenvalue weighted by Gasteiger charge is 2.49. The molecule has 3 aromatic heterocycles. The number of carbonyl (C=O) groups excluding carboxylic acids is 2. The van der Waals surface area contributed by atoms with Crippen LogP contribution in [0.3, 0.4) is 0 Å². The summed E-state index contributed by atoms with van der Waals surface area (Å²) < 4.78 is 28.9. The van der Waals surface area contributed by atoms with Crippen LogP contribution >= 0.6 is 11.3 Å². The van der Waals surface area contributed by atoms with Crippen molar-refractivity contribution >= 4 is 44.7 Å². The van der Waals surface area contributed by atoms with E-state index in [1.165, 1.54) is 22.1 Å². The maximum atomic E-state index is 13.4. The summed E-state index contributed by atoms with van der Waals surface area (Å²) in [5.74, 6) is -2.83. The van der Waals surface area contributed by atoms with Crippen LogP contribution in [0.4, 0.5) is 20.3 Å². The van der Waals surface area contributed by atoms with Gasteiger partial charge in [0.1, 0.15) is 23.4 Å². The van der Waals surface area contributed by atoms with Crippen molar-refractivity contribution in [2.75, 3.05) is 24.1 Å². The number of nitrogens with one attached hydrogen (secondary N) is 2. The van der Waals surface area contributed by atoms with Crippen LogP contribution in [-0.2, 0) is 16.1 Å². The maximum absolute atomic E-state index is 13.4. The fraction of sp³-hybridized carbons (Fsp3) is 0.500. The lowest BCUT2D eigenvalue weighted by molar-refractivity contribution is -0.125. The van der Waals surface area contributed by atoms with Gasteiger partial charge in [0.05, 0.1) is 18.7 Å². The van der Waals surface area contributed by atoms with Gasteiger partial charge in [-0.15, -0.1) is 11.3 Å². The van der Waals surface area contributed by atoms with Crippen molar-refractivity contribution < 1.29 is 18.4 Å². The number of amides is 2. The molecule has 0 bridgehead atoms. The fourth-order valence-corrected chi connectivity index (χ4v) is 6.86. The van der Waals surface area contributed by atoms with Crippen LogP contribution in [0.25, 0.3) is 10.1 Å². The van der Waals surface area contributed by atoms with E-state index in [2.05, 4.69) is 20.6 Å². The highest BCUT2D eigenvalue weighted by molar-refractivity contribution is 7.19. The minimum absolute atomic E-state index is 0.0128. The number of nitrogens with zero attached hydrogens (tertiary/aromatic N) is 4. The Kier molecular flexibility index (Phi) is 6.37. The highest BCUT2D eigenvalue weighted by atomic mass is 32.1. The zero-order valence-electron chi connectivity index (χ0n) is 21.3. The zero-order chi connectivity index (χ0) is 27.5. The van der Waals surface area contributed by atoms with E-state index in [1.54, 1.807) is 12.3 Å². The minimum Gasteiger partial charge on any atom is -0.384 e. The van der Waals surface area contributed by atoms with Crippen LogP contribution in [0.15, 0.2) is 29.3 Å². The number of rotatable bonds is 6. The van der Waals surface area contributed by atoms with Gasteiger partial charge in [-0.25, -0.2) is 18.7 Å². The predicted molar refractivity (Wildman–Crippen MR) is 143 cm³/mol. The van der Waals surface area contributed by atoms with Gasteiger partial charge in [-0.1, -0.05) is 6.92 Å². The number of nitrogens with two attached hydrogens (primary N) is 1. The zero-order valence-corrected chi connectivity index (χ0v) is 22.1. The third-order valence-corrected chi connectivity index (χ3v) is 9.10. The fourth-order valence-electron chi connectivity index (χ4n) is 5.84. The highest BCUT2D eigenvalue weighted by Crippen LogP contribution is 2.42. The molecule has 2 aliphatic heterocycles. The number of nitrogen functional groups attached to an aromatic ring is 1. The van der Waals surface area contributed by atoms with Crippen LogP contribution in [-0.4, -0.2) is 56.3 Å². The van der Waals surface area contributed by atoms with Gasteiger partial charge in [0.2, 0.25) is 11.8 Å². The van der Waals surface area contributed by atoms with Gasteiger partial charge in [-0.05, 0) is 31.5 Å². The molecular weight excluding hydrogens is 528 g/mol. The minimum atomic E-state index is -2.61. The number of hydrogen-bond donors (Lipinski definition) is 3. The molecule has 10 nitrogen and oxygen atoms in total. The SMILES string of the molecule is C[C@@H]1C[C@@H](C(=O)NCc2cc3cnc(N)cc3s2)n2c1ncc(NC(=O)[C@H]1CCN(C3CC(F)(F)C3)C1)c2=O. The molecule has 4 N–H and O–H groups in total. The molecule has 206 valence electrons. The van der Waals surface area contributed by atoms with Gasteiger partial charge >= 0.3 is 0 Å². The van der Waals surface area contributed by atoms with Crippen molar-refractivity contribution in [3.8, 4) is 0 Å². The molecule has 3 aromatic rings. The van der Waals surface area contributed by atoms with E-state index in [9.17, 15) is 23.2 Å². The second kappa shape index (κ2) is 9.63. The van der Waals surface area contributed by atoms with E-state index in [-0.39, 0.29) is 42.3 Å². The third kappa shape index (κ3) is 4.89. The lowest BCUT2D eigenvalue weighted by atomic mass is 9.87. The summed E-state index contributed by atoms with van der Waals surface area (Å²) in [7, 11) is 0. The molecule has 3 atom stereocenters. The van der Waals surface area contributed by atoms with E-state index >= 15 is 0 Å². The Morgan fingerprint density at radius 1 is 1.21 bits per heavy atom. The lowest BCUT2D eigenvalue weighted by Crippen LogP contribution is -2.50. The first-order valence-electron chi connectivity index (χ1n) is 13.0. The number of halogens is 2. The van der Waals surface area contributed by atoms with Gasteiger partial charge in [0, 0.05) is 52.5 Å². The van der Waals surface area contributed by atoms with Crippen molar-refractivity contribution in [3.05, 3.63) is 45.6 Å². The molecule has 1 saturated heterocycles. The van der Waals surface area contributed by atoms with Gasteiger partial charge < -0.3 is 16.4 Å². The first kappa shape index (κ1) is 25.8. The number of likely N-dealkylation sites (tertiary alicyclic amines) is 1. The van der Waals surface area contributed by atoms with Crippen molar-refractivity contribution in [3.63, 3.8) is 0 Å². The Balaban J connectivity index is 1.13. The molecule has 13 heteroatoms. The van der Waals surface area contributed by atoms with E-state index < -0.39 is 23.4 Å². The second-order valence-electron chi connectivity index (χ2n) is 10.8. The number of alkyl halides is 2. The summed E-state index contributed by atoms with van der Waals surface area (Å²) >= 11 is 1.51. The Morgan fingerprint density at radius 2 is 2.00 bits per heavy atom. The summed E-state index contributed by atoms with van der Waals surface area (Å²) in [4.78, 5) is 50.9. The number of carbonyl (C=O) groups is 2. The normalized spacial score (nSPS) is 24.4. The maximum Gasteiger partial charge on any atom is 0.278 e. The Hall–Kier alpha value is -3.45. The first-order valence-corrected chi connectivity index (χ1v) is 13.9. The van der Waals surface area contributed by atoms with E-state index in [0.717, 1.165) is 15.0 Å². The number of anilines is 2. The number of thiophene rings is 1. The Morgan fingerprint density at radius 3 is 2.77 bits per heavy atom. The lowest BCUT2D eigenvalue weighted by Gasteiger charge is -2.40. The standard InChI is InChI=1S/C26H29F2N7O3S/c1-13-4-19(24(37)32-10-17-5-15-9-30-21(29)6-20(15)39-17)35-22(13)31-11-18(25(35)38)33-23(36)14-2-3-34(12-14)16-7-26(27,28)8-16/h5-6,9,11,13-14,16,19H,2-4,7-8,10,12H2,1H3,(H2,29,30)(H,32,37)(H,33,36)/t13-,14+,19+/m1/s1. The topological polar surface area (TPSA) is 135 Å². The van der Waals surface area contributed by atoms with Crippen LogP contribution < -0.4 is 21.9 Å². The van der Waals surface area contributed by atoms with Crippen molar-refractivity contribution in [1.29, 1.82) is 0 Å². The van der Waals surface area contributed by atoms with Gasteiger partial charge in [0.15, 0.2) is 0 Å². The molecule has 0 spiro atoms. The number of pyridine rings is 1. The van der Waals surface area contributed by atoms with Crippen LogP contribution in [0.2, 0.25) is 0 Å². The van der Waals surface area contributed by atoms with E-state index in [4.69, 9.17) is 5.73 Å². The Labute approximate surface area is 226 Å². The average molecular weight is 558 g/mol. The van der Waals surface area contributed by atoms with Crippen LogP contribution in [0.5, 0.6) is 0 Å². The second-order valence-corrected chi connectivity index (χ2v) is 12.0. The van der Waals surface area contributed by atoms with Crippen molar-refractivity contribution in [2.45, 2.75) is 63.1 Å². The van der Waals surface area contributed by atoms with E-state index in [1.807, 2.05) is 17.9 Å². The molecule has 6 rings (SSSR count). The van der Waals surface area contributed by atoms with E-state index in [0.29, 0.717) is 44.1 Å². The average Bonchev–Trinajstić information content (AvgIpc) is 3.60. The molecule has 1 saturated carbocycles. The molecule has 0 unspecified atom stereocenters. The summed E-state index contributed by atoms with van der Waals surface area (Å²) in [6.45, 7) is 3.16. The summed E-state index contributed by atoms with van der Waals surface area (Å²) in [6.07, 6.45) is 3.65. The van der Waals surface area contributed by atoms with Crippen LogP contribution in [0, 0.1) is 5.92 Å². The molecular formula is C26H29F2N7O3S. The molecule has 2 amide bonds. The summed E-state index contributed by atoms with van der Waals surface area (Å²) in [5, 5.41) is 6.56. The molecule has 5 heterocycles. The number of fused-ring (bicyclic) bond motifs is 2. The largest absolute Gasteiger partial charge is 0.384 e. The summed E-state index contributed by atoms with van der Waals surface area (Å²) in [6, 6.07) is 2.78. The predicted octanol–water partition coefficient (Wildman–Crippen LogP) is 2.86. The van der Waals surface area contributed by atoms with Crippen LogP contribution in [0.1, 0.15) is 55.3 Å². The van der Waals surface area contributed by atoms with Crippen molar-refractivity contribution in [1.82, 2.24) is 24.8 Å². The summed E-state index contributed by atoms with van der Waals surface area (Å²) in [5.41, 5.74) is 5.29. The molecule has 1 aliphatic carbocycles. The molecule has 0 aromatic carbocycles. The molecule has 0 radical (unpaired) electrons. The number of aromatic nitrogens is 3. The molecule has 3 aliphatic rings. The Bertz CT molecular complexity index is 1510. The molecule has 39 heavy (non-hydrogen) atoms. The quantitative estimate of drug-likeness (QED) is 0.424. The van der Waals surface area contributed by atoms with Gasteiger partial charge in [-0.3, -0.25) is 23.9 Å². The monoisotopic (exact) mass is 557 g/mol. The van der Waals surface area contributed by atoms with Gasteiger partial charge in [0.25, 0.3) is 11.5 Å². The first-order chi connectivity index (χ1) is 18.6. The smallest absolute Gasteiger partial charge is 0.278 e. The number of hydrogen-bond acceptors (Lipinski definition) is 8. The van der Waals surface area contributed by atoms with Crippen molar-refractivity contribution in [2.24, 2.45) is 5.92 Å². The van der Waals surface area contributed by atoms with Gasteiger partial charge in [-0.2, -0.15) is 0 Å². The molecule has 2 fully saturated rings.